The third kappa shape index (κ3) is 33.4. The van der Waals surface area contributed by atoms with Crippen molar-refractivity contribution in [2.75, 3.05) is 0 Å². The van der Waals surface area contributed by atoms with Crippen molar-refractivity contribution in [2.24, 2.45) is 0 Å². The Morgan fingerprint density at radius 1 is 1.20 bits per heavy atom. The average Bonchev–Trinajstić information content (AvgIpc) is 0.722. The van der Waals surface area contributed by atoms with E-state index in [1.54, 1.807) is 0 Å². The van der Waals surface area contributed by atoms with Gasteiger partial charge in [0.2, 0.25) is 0 Å². The fraction of sp³-hybridized carbons (Fsp3) is 0. The van der Waals surface area contributed by atoms with Gasteiger partial charge in [0, 0.05) is 0 Å². The second-order valence-corrected chi connectivity index (χ2v) is 17.2. The van der Waals surface area contributed by atoms with Crippen LogP contribution >= 0.6 is 28.6 Å². The van der Waals surface area contributed by atoms with Gasteiger partial charge in [-0.05, 0) is 0 Å². The van der Waals surface area contributed by atoms with Gasteiger partial charge in [-0.2, -0.15) is 0 Å². The molecule has 0 aliphatic rings. The standard InChI is InChI=1S/3ClH.HN.Re/h4*1H;/q;;;;+3/p-3. The maximum atomic E-state index is 6.44. The molecule has 0 amide bonds. The normalized spacial score (nSPS) is 15.0. The van der Waals surface area contributed by atoms with Crippen LogP contribution in [0.5, 0.6) is 0 Å². The van der Waals surface area contributed by atoms with Gasteiger partial charge in [-0.15, -0.1) is 0 Å². The zero-order valence-corrected chi connectivity index (χ0v) is 7.00. The molecule has 0 aliphatic carbocycles. The van der Waals surface area contributed by atoms with Crippen molar-refractivity contribution in [2.45, 2.75) is 0 Å². The van der Waals surface area contributed by atoms with Gasteiger partial charge in [0.05, 0.1) is 0 Å². The van der Waals surface area contributed by atoms with Crippen LogP contribution in [0.15, 0.2) is 0 Å². The molecule has 0 fully saturated rings. The van der Waals surface area contributed by atoms with Crippen LogP contribution in [0, 0.1) is 3.99 Å². The first-order valence-electron chi connectivity index (χ1n) is 0.618. The van der Waals surface area contributed by atoms with Crippen molar-refractivity contribution < 1.29 is 12.3 Å². The molecule has 0 radical (unpaired) electrons. The van der Waals surface area contributed by atoms with Crippen LogP contribution in [0.1, 0.15) is 0 Å². The van der Waals surface area contributed by atoms with E-state index in [4.69, 9.17) is 32.6 Å². The second kappa shape index (κ2) is 1.86. The van der Waals surface area contributed by atoms with Crippen molar-refractivity contribution in [3.63, 3.8) is 0 Å². The first-order valence-corrected chi connectivity index (χ1v) is 12.1. The molecule has 0 aromatic heterocycles. The average molecular weight is 308 g/mol. The van der Waals surface area contributed by atoms with Gasteiger partial charge >= 0.3 is 44.9 Å². The Hall–Kier alpha value is 1.33. The number of hydrogen-bond acceptors (Lipinski definition) is 1. The minimum atomic E-state index is -3.44. The summed E-state index contributed by atoms with van der Waals surface area (Å²) in [5.41, 5.74) is 0. The molecule has 0 aliphatic heterocycles. The van der Waals surface area contributed by atoms with E-state index in [-0.39, 0.29) is 0 Å². The van der Waals surface area contributed by atoms with E-state index < -0.39 is 12.3 Å². The van der Waals surface area contributed by atoms with Gasteiger partial charge in [0.25, 0.3) is 0 Å². The zero-order chi connectivity index (χ0) is 4.50. The van der Waals surface area contributed by atoms with Gasteiger partial charge in [0.1, 0.15) is 0 Å². The number of rotatable bonds is 0. The monoisotopic (exact) mass is 307 g/mol. The van der Waals surface area contributed by atoms with Crippen LogP contribution in [0.2, 0.25) is 0 Å². The van der Waals surface area contributed by atoms with Crippen LogP contribution < -0.4 is 0 Å². The van der Waals surface area contributed by atoms with Gasteiger partial charge in [-0.3, -0.25) is 0 Å². The van der Waals surface area contributed by atoms with E-state index >= 15 is 0 Å². The molecule has 0 spiro atoms. The van der Waals surface area contributed by atoms with Crippen LogP contribution in [-0.2, 0) is 12.3 Å². The molecule has 0 bridgehead atoms. The van der Waals surface area contributed by atoms with E-state index in [0.717, 1.165) is 0 Å². The SMILES string of the molecule is [NH]=[Re]([Cl])([Cl])[Cl]. The predicted molar refractivity (Wildman–Crippen MR) is 20.3 cm³/mol. The molecule has 0 rings (SSSR count). The molecule has 0 saturated carbocycles. The number of hydrogen-bond donors (Lipinski definition) is 1. The van der Waals surface area contributed by atoms with Crippen molar-refractivity contribution in [3.05, 3.63) is 0 Å². The summed E-state index contributed by atoms with van der Waals surface area (Å²) in [6, 6.07) is 0. The quantitative estimate of drug-likeness (QED) is 0.710. The first kappa shape index (κ1) is 6.33. The van der Waals surface area contributed by atoms with Crippen molar-refractivity contribution in [1.82, 2.24) is 0 Å². The molecular weight excluding hydrogens is 307 g/mol. The Morgan fingerprint density at radius 2 is 1.20 bits per heavy atom. The van der Waals surface area contributed by atoms with Crippen molar-refractivity contribution >= 4 is 28.6 Å². The summed E-state index contributed by atoms with van der Waals surface area (Å²) in [7, 11) is 14.8. The van der Waals surface area contributed by atoms with Gasteiger partial charge in [-0.25, -0.2) is 0 Å². The van der Waals surface area contributed by atoms with Gasteiger partial charge < -0.3 is 0 Å². The van der Waals surface area contributed by atoms with Crippen LogP contribution in [0.25, 0.3) is 0 Å². The Labute approximate surface area is 44.8 Å². The third-order valence-corrected chi connectivity index (χ3v) is 0. The molecule has 1 N–H and O–H groups in total. The minimum absolute atomic E-state index is 3.44. The summed E-state index contributed by atoms with van der Waals surface area (Å²) in [5, 5.41) is 0. The third-order valence-electron chi connectivity index (χ3n) is 0. The molecule has 5 heavy (non-hydrogen) atoms. The molecule has 0 heterocycles. The molecule has 0 saturated heterocycles. The molecule has 0 atom stereocenters. The Morgan fingerprint density at radius 3 is 1.20 bits per heavy atom. The molecule has 0 aromatic carbocycles. The van der Waals surface area contributed by atoms with Crippen molar-refractivity contribution in [3.8, 4) is 0 Å². The second-order valence-electron chi connectivity index (χ2n) is 0.376. The van der Waals surface area contributed by atoms with E-state index in [1.165, 1.54) is 0 Å². The van der Waals surface area contributed by atoms with Crippen LogP contribution in [-0.4, -0.2) is 0 Å². The van der Waals surface area contributed by atoms with Gasteiger partial charge in [-0.1, -0.05) is 0 Å². The van der Waals surface area contributed by atoms with E-state index in [9.17, 15) is 0 Å². The summed E-state index contributed by atoms with van der Waals surface area (Å²) in [6.07, 6.45) is 0. The summed E-state index contributed by atoms with van der Waals surface area (Å²) in [4.78, 5) is 0. The van der Waals surface area contributed by atoms with E-state index in [2.05, 4.69) is 0 Å². The zero-order valence-electron chi connectivity index (χ0n) is 2.01. The Kier molecular flexibility index (Phi) is 2.36. The Bertz CT molecular complexity index is 53.0. The molecule has 1 nitrogen and oxygen atoms in total. The molecule has 5 heteroatoms. The summed E-state index contributed by atoms with van der Waals surface area (Å²) < 4.78 is 6.44. The maximum absolute atomic E-state index is 6.44. The topological polar surface area (TPSA) is 23.9 Å². The summed E-state index contributed by atoms with van der Waals surface area (Å²) in [6.45, 7) is 0. The van der Waals surface area contributed by atoms with E-state index in [1.807, 2.05) is 0 Å². The molecule has 0 unspecified atom stereocenters. The molecule has 34 valence electrons. The van der Waals surface area contributed by atoms with Crippen LogP contribution in [0.3, 0.4) is 0 Å². The van der Waals surface area contributed by atoms with Gasteiger partial charge in [0.15, 0.2) is 0 Å². The van der Waals surface area contributed by atoms with Crippen LogP contribution in [0.4, 0.5) is 0 Å². The van der Waals surface area contributed by atoms with E-state index in [0.29, 0.717) is 0 Å². The number of halogens is 3. The number of nitrogens with one attached hydrogen (secondary N) is 1. The predicted octanol–water partition coefficient (Wildman–Crippen LogP) is 2.36. The summed E-state index contributed by atoms with van der Waals surface area (Å²) in [5.74, 6) is 0. The molecular formula is HCl3NRe. The summed E-state index contributed by atoms with van der Waals surface area (Å²) >= 11 is -3.44. The first-order chi connectivity index (χ1) is 2.00. The fourth-order valence-electron chi connectivity index (χ4n) is 0. The fourth-order valence-corrected chi connectivity index (χ4v) is 0. The van der Waals surface area contributed by atoms with Crippen molar-refractivity contribution in [1.29, 1.82) is 3.99 Å². The molecule has 0 aromatic rings. The Balaban J connectivity index is 3.47.